The summed E-state index contributed by atoms with van der Waals surface area (Å²) in [6, 6.07) is -0.213. The first kappa shape index (κ1) is 16.2. The Bertz CT molecular complexity index is 362. The molecule has 0 unspecified atom stereocenters. The average Bonchev–Trinajstić information content (AvgIpc) is 2.57. The summed E-state index contributed by atoms with van der Waals surface area (Å²) < 4.78 is 6.03. The van der Waals surface area contributed by atoms with E-state index in [4.69, 9.17) is 9.53 Å². The van der Waals surface area contributed by atoms with Crippen molar-refractivity contribution < 1.29 is 19.1 Å². The topological polar surface area (TPSA) is 66.8 Å². The molecule has 0 aromatic heterocycles. The molecular formula is C13H25NO4Si. The van der Waals surface area contributed by atoms with Gasteiger partial charge < -0.3 is 9.53 Å². The molecule has 0 aromatic carbocycles. The standard InChI is InChI=1S/C13H25NO4Si/c1-13(2,3)19(4,5)18-9-8-10-6-7-11(15)14(10)12(16)17/h10H,6-9H2,1-5H3,(H,16,17)/t10-/m0/s1. The first-order valence-electron chi connectivity index (χ1n) is 6.75. The number of carbonyl (C=O) groups is 2. The van der Waals surface area contributed by atoms with Crippen molar-refractivity contribution >= 4 is 20.3 Å². The molecule has 0 spiro atoms. The fourth-order valence-corrected chi connectivity index (χ4v) is 3.01. The second kappa shape index (κ2) is 5.62. The highest BCUT2D eigenvalue weighted by Gasteiger charge is 2.39. The molecule has 110 valence electrons. The average molecular weight is 287 g/mol. The van der Waals surface area contributed by atoms with Crippen molar-refractivity contribution in [1.82, 2.24) is 4.90 Å². The smallest absolute Gasteiger partial charge is 0.414 e. The van der Waals surface area contributed by atoms with E-state index in [1.54, 1.807) is 0 Å². The van der Waals surface area contributed by atoms with Crippen LogP contribution in [0.25, 0.3) is 0 Å². The van der Waals surface area contributed by atoms with E-state index in [9.17, 15) is 9.59 Å². The minimum atomic E-state index is -1.79. The van der Waals surface area contributed by atoms with Crippen LogP contribution in [0.4, 0.5) is 4.79 Å². The number of nitrogens with zero attached hydrogens (tertiary/aromatic N) is 1. The molecule has 1 fully saturated rings. The Morgan fingerprint density at radius 2 is 2.05 bits per heavy atom. The predicted molar refractivity (Wildman–Crippen MR) is 75.7 cm³/mol. The maximum atomic E-state index is 11.5. The van der Waals surface area contributed by atoms with Crippen molar-refractivity contribution in [3.05, 3.63) is 0 Å². The highest BCUT2D eigenvalue weighted by molar-refractivity contribution is 6.74. The molecule has 2 amide bonds. The van der Waals surface area contributed by atoms with Crippen molar-refractivity contribution in [1.29, 1.82) is 0 Å². The van der Waals surface area contributed by atoms with E-state index in [0.29, 0.717) is 25.9 Å². The summed E-state index contributed by atoms with van der Waals surface area (Å²) in [5, 5.41) is 9.16. The lowest BCUT2D eigenvalue weighted by Gasteiger charge is -2.36. The van der Waals surface area contributed by atoms with Crippen LogP contribution in [0.5, 0.6) is 0 Å². The molecule has 1 atom stereocenters. The zero-order chi connectivity index (χ0) is 14.8. The van der Waals surface area contributed by atoms with E-state index in [0.717, 1.165) is 4.90 Å². The fraction of sp³-hybridized carbons (Fsp3) is 0.846. The molecule has 0 bridgehead atoms. The largest absolute Gasteiger partial charge is 0.465 e. The SMILES string of the molecule is CC(C)(C)[Si](C)(C)OCC[C@@H]1CCC(=O)N1C(=O)O. The molecule has 1 aliphatic rings. The fourth-order valence-electron chi connectivity index (χ4n) is 1.95. The van der Waals surface area contributed by atoms with E-state index in [-0.39, 0.29) is 17.0 Å². The number of hydrogen-bond donors (Lipinski definition) is 1. The van der Waals surface area contributed by atoms with Gasteiger partial charge in [0.15, 0.2) is 8.32 Å². The molecule has 1 saturated heterocycles. The van der Waals surface area contributed by atoms with Crippen molar-refractivity contribution in [3.63, 3.8) is 0 Å². The Morgan fingerprint density at radius 3 is 2.53 bits per heavy atom. The summed E-state index contributed by atoms with van der Waals surface area (Å²) in [6.07, 6.45) is 0.410. The Balaban J connectivity index is 2.50. The monoisotopic (exact) mass is 287 g/mol. The Labute approximate surface area is 116 Å². The molecule has 0 saturated carbocycles. The Hall–Kier alpha value is -0.883. The van der Waals surface area contributed by atoms with Crippen LogP contribution in [0.3, 0.4) is 0 Å². The van der Waals surface area contributed by atoms with Gasteiger partial charge in [-0.1, -0.05) is 20.8 Å². The minimum Gasteiger partial charge on any atom is -0.465 e. The lowest BCUT2D eigenvalue weighted by Crippen LogP contribution is -2.43. The molecule has 19 heavy (non-hydrogen) atoms. The molecule has 5 nitrogen and oxygen atoms in total. The summed E-state index contributed by atoms with van der Waals surface area (Å²) in [5.41, 5.74) is 0. The lowest BCUT2D eigenvalue weighted by atomic mass is 10.1. The maximum Gasteiger partial charge on any atom is 0.414 e. The highest BCUT2D eigenvalue weighted by Crippen LogP contribution is 2.36. The van der Waals surface area contributed by atoms with Gasteiger partial charge in [-0.2, -0.15) is 0 Å². The zero-order valence-corrected chi connectivity index (χ0v) is 13.5. The third-order valence-electron chi connectivity index (χ3n) is 4.25. The molecular weight excluding hydrogens is 262 g/mol. The quantitative estimate of drug-likeness (QED) is 0.807. The van der Waals surface area contributed by atoms with Gasteiger partial charge in [-0.15, -0.1) is 0 Å². The van der Waals surface area contributed by atoms with Crippen LogP contribution in [0.2, 0.25) is 18.1 Å². The van der Waals surface area contributed by atoms with Gasteiger partial charge in [0.25, 0.3) is 0 Å². The molecule has 0 aromatic rings. The van der Waals surface area contributed by atoms with Gasteiger partial charge in [-0.25, -0.2) is 9.69 Å². The van der Waals surface area contributed by atoms with Gasteiger partial charge in [-0.05, 0) is 31.0 Å². The molecule has 1 rings (SSSR count). The van der Waals surface area contributed by atoms with Crippen LogP contribution in [0.15, 0.2) is 0 Å². The minimum absolute atomic E-state index is 0.144. The second-order valence-corrected chi connectivity index (χ2v) is 11.4. The van der Waals surface area contributed by atoms with Crippen LogP contribution in [0, 0.1) is 0 Å². The van der Waals surface area contributed by atoms with Crippen molar-refractivity contribution in [3.8, 4) is 0 Å². The Morgan fingerprint density at radius 1 is 1.47 bits per heavy atom. The van der Waals surface area contributed by atoms with Gasteiger partial charge >= 0.3 is 6.09 Å². The predicted octanol–water partition coefficient (Wildman–Crippen LogP) is 3.07. The van der Waals surface area contributed by atoms with Crippen LogP contribution in [-0.4, -0.2) is 43.0 Å². The molecule has 0 radical (unpaired) electrons. The zero-order valence-electron chi connectivity index (χ0n) is 12.5. The second-order valence-electron chi connectivity index (χ2n) is 6.64. The summed E-state index contributed by atoms with van der Waals surface area (Å²) in [5.74, 6) is -0.287. The molecule has 6 heteroatoms. The summed E-state index contributed by atoms with van der Waals surface area (Å²) >= 11 is 0. The van der Waals surface area contributed by atoms with E-state index in [1.807, 2.05) is 0 Å². The number of likely N-dealkylation sites (tertiary alicyclic amines) is 1. The summed E-state index contributed by atoms with van der Waals surface area (Å²) in [4.78, 5) is 23.4. The summed E-state index contributed by atoms with van der Waals surface area (Å²) in [7, 11) is -1.79. The van der Waals surface area contributed by atoms with Gasteiger partial charge in [0.2, 0.25) is 5.91 Å². The van der Waals surface area contributed by atoms with Crippen LogP contribution in [-0.2, 0) is 9.22 Å². The Kier molecular flexibility index (Phi) is 4.79. The number of rotatable bonds is 4. The third-order valence-corrected chi connectivity index (χ3v) is 8.79. The molecule has 1 aliphatic heterocycles. The number of hydrogen-bond acceptors (Lipinski definition) is 3. The van der Waals surface area contributed by atoms with Crippen LogP contribution < -0.4 is 0 Å². The summed E-state index contributed by atoms with van der Waals surface area (Å²) in [6.45, 7) is 11.4. The number of imide groups is 1. The molecule has 1 heterocycles. The normalized spacial score (nSPS) is 21.0. The van der Waals surface area contributed by atoms with E-state index in [1.165, 1.54) is 0 Å². The van der Waals surface area contributed by atoms with Gasteiger partial charge in [-0.3, -0.25) is 4.79 Å². The number of amides is 2. The van der Waals surface area contributed by atoms with Gasteiger partial charge in [0.05, 0.1) is 0 Å². The lowest BCUT2D eigenvalue weighted by molar-refractivity contribution is -0.127. The van der Waals surface area contributed by atoms with Crippen molar-refractivity contribution in [2.45, 2.75) is 64.2 Å². The first-order valence-corrected chi connectivity index (χ1v) is 9.66. The van der Waals surface area contributed by atoms with Gasteiger partial charge in [0, 0.05) is 19.1 Å². The third kappa shape index (κ3) is 3.79. The molecule has 1 N–H and O–H groups in total. The van der Waals surface area contributed by atoms with Crippen LogP contribution in [0.1, 0.15) is 40.0 Å². The first-order chi connectivity index (χ1) is 8.56. The molecule has 0 aliphatic carbocycles. The van der Waals surface area contributed by atoms with E-state index in [2.05, 4.69) is 33.9 Å². The van der Waals surface area contributed by atoms with Crippen molar-refractivity contribution in [2.75, 3.05) is 6.61 Å². The van der Waals surface area contributed by atoms with E-state index < -0.39 is 14.4 Å². The van der Waals surface area contributed by atoms with Crippen LogP contribution >= 0.6 is 0 Å². The number of carboxylic acid groups (broad SMARTS) is 1. The van der Waals surface area contributed by atoms with Crippen molar-refractivity contribution in [2.24, 2.45) is 0 Å². The van der Waals surface area contributed by atoms with Gasteiger partial charge in [0.1, 0.15) is 0 Å². The number of carbonyl (C=O) groups excluding carboxylic acids is 1. The highest BCUT2D eigenvalue weighted by atomic mass is 28.4. The van der Waals surface area contributed by atoms with E-state index >= 15 is 0 Å². The maximum absolute atomic E-state index is 11.5.